The zero-order chi connectivity index (χ0) is 16.7. The molecule has 5 nitrogen and oxygen atoms in total. The van der Waals surface area contributed by atoms with Crippen LogP contribution in [0.4, 0.5) is 5.69 Å². The number of carbonyl (C=O) groups is 2. The van der Waals surface area contributed by atoms with Gasteiger partial charge in [-0.2, -0.15) is 0 Å². The van der Waals surface area contributed by atoms with Crippen molar-refractivity contribution >= 4 is 17.5 Å². The third kappa shape index (κ3) is 5.14. The van der Waals surface area contributed by atoms with Crippen LogP contribution in [0.25, 0.3) is 0 Å². The topological polar surface area (TPSA) is 67.4 Å². The predicted molar refractivity (Wildman–Crippen MR) is 89.1 cm³/mol. The Morgan fingerprint density at radius 2 is 1.61 bits per heavy atom. The lowest BCUT2D eigenvalue weighted by molar-refractivity contribution is -0.136. The van der Waals surface area contributed by atoms with Gasteiger partial charge < -0.3 is 15.4 Å². The maximum atomic E-state index is 12.0. The summed E-state index contributed by atoms with van der Waals surface area (Å²) >= 11 is 0. The first kappa shape index (κ1) is 16.5. The van der Waals surface area contributed by atoms with E-state index in [2.05, 4.69) is 10.6 Å². The van der Waals surface area contributed by atoms with Crippen LogP contribution in [-0.4, -0.2) is 17.9 Å². The summed E-state index contributed by atoms with van der Waals surface area (Å²) in [6.45, 7) is 4.09. The Balaban J connectivity index is 1.95. The normalized spacial score (nSPS) is 10.2. The Morgan fingerprint density at radius 3 is 2.30 bits per heavy atom. The molecule has 0 saturated heterocycles. The molecule has 0 aromatic heterocycles. The quantitative estimate of drug-likeness (QED) is 0.834. The number of carbonyl (C=O) groups excluding carboxylic acids is 2. The number of nitrogens with one attached hydrogen (secondary N) is 2. The van der Waals surface area contributed by atoms with Gasteiger partial charge in [0.25, 0.3) is 0 Å². The third-order valence-electron chi connectivity index (χ3n) is 3.00. The van der Waals surface area contributed by atoms with Crippen molar-refractivity contribution in [3.8, 4) is 5.75 Å². The minimum Gasteiger partial charge on any atom is -0.489 e. The molecule has 0 bridgehead atoms. The van der Waals surface area contributed by atoms with Gasteiger partial charge in [0, 0.05) is 6.54 Å². The van der Waals surface area contributed by atoms with Crippen LogP contribution in [0.15, 0.2) is 54.6 Å². The summed E-state index contributed by atoms with van der Waals surface area (Å²) in [5, 5.41) is 5.16. The lowest BCUT2D eigenvalue weighted by Crippen LogP contribution is -2.35. The summed E-state index contributed by atoms with van der Waals surface area (Å²) < 4.78 is 5.61. The highest BCUT2D eigenvalue weighted by molar-refractivity contribution is 6.39. The Hall–Kier alpha value is -2.82. The van der Waals surface area contributed by atoms with Gasteiger partial charge in [-0.1, -0.05) is 42.5 Å². The molecule has 2 amide bonds. The van der Waals surface area contributed by atoms with Crippen LogP contribution in [-0.2, 0) is 16.1 Å². The van der Waals surface area contributed by atoms with Gasteiger partial charge in [-0.3, -0.25) is 9.59 Å². The zero-order valence-electron chi connectivity index (χ0n) is 13.2. The fourth-order valence-electron chi connectivity index (χ4n) is 1.96. The van der Waals surface area contributed by atoms with Crippen molar-refractivity contribution in [1.82, 2.24) is 5.32 Å². The predicted octanol–water partition coefficient (Wildman–Crippen LogP) is 2.73. The van der Waals surface area contributed by atoms with Crippen molar-refractivity contribution in [3.63, 3.8) is 0 Å². The molecule has 0 atom stereocenters. The lowest BCUT2D eigenvalue weighted by atomic mass is 10.2. The zero-order valence-corrected chi connectivity index (χ0v) is 13.2. The summed E-state index contributed by atoms with van der Waals surface area (Å²) in [7, 11) is 0. The smallest absolute Gasteiger partial charge is 0.313 e. The highest BCUT2D eigenvalue weighted by Gasteiger charge is 2.15. The van der Waals surface area contributed by atoms with E-state index in [1.807, 2.05) is 50.2 Å². The van der Waals surface area contributed by atoms with E-state index in [9.17, 15) is 9.59 Å². The number of hydrogen-bond acceptors (Lipinski definition) is 3. The molecule has 0 aliphatic rings. The van der Waals surface area contributed by atoms with Gasteiger partial charge in [0.2, 0.25) is 0 Å². The average molecular weight is 312 g/mol. The monoisotopic (exact) mass is 312 g/mol. The van der Waals surface area contributed by atoms with Crippen molar-refractivity contribution in [1.29, 1.82) is 0 Å². The van der Waals surface area contributed by atoms with E-state index in [4.69, 9.17) is 4.74 Å². The van der Waals surface area contributed by atoms with Gasteiger partial charge in [-0.15, -0.1) is 0 Å². The fourth-order valence-corrected chi connectivity index (χ4v) is 1.96. The molecule has 0 radical (unpaired) electrons. The maximum absolute atomic E-state index is 12.0. The van der Waals surface area contributed by atoms with E-state index in [1.165, 1.54) is 0 Å². The van der Waals surface area contributed by atoms with E-state index < -0.39 is 11.8 Å². The van der Waals surface area contributed by atoms with Gasteiger partial charge in [0.15, 0.2) is 0 Å². The Labute approximate surface area is 135 Å². The Morgan fingerprint density at radius 1 is 0.957 bits per heavy atom. The first-order chi connectivity index (χ1) is 11.1. The van der Waals surface area contributed by atoms with Crippen LogP contribution in [0.3, 0.4) is 0 Å². The number of para-hydroxylation sites is 2. The lowest BCUT2D eigenvalue weighted by Gasteiger charge is -2.14. The van der Waals surface area contributed by atoms with Crippen molar-refractivity contribution in [2.45, 2.75) is 26.5 Å². The standard InChI is InChI=1S/C18H20N2O3/c1-13(2)23-16-11-7-6-10-15(16)20-18(22)17(21)19-12-14-8-4-3-5-9-14/h3-11,13H,12H2,1-2H3,(H,19,21)(H,20,22). The van der Waals surface area contributed by atoms with Crippen LogP contribution in [0, 0.1) is 0 Å². The second-order valence-corrected chi connectivity index (χ2v) is 5.29. The second kappa shape index (κ2) is 7.98. The summed E-state index contributed by atoms with van der Waals surface area (Å²) in [6.07, 6.45) is -0.0278. The SMILES string of the molecule is CC(C)Oc1ccccc1NC(=O)C(=O)NCc1ccccc1. The fraction of sp³-hybridized carbons (Fsp3) is 0.222. The molecule has 0 fully saturated rings. The number of ether oxygens (including phenoxy) is 1. The first-order valence-electron chi connectivity index (χ1n) is 7.45. The third-order valence-corrected chi connectivity index (χ3v) is 3.00. The molecular formula is C18H20N2O3. The van der Waals surface area contributed by atoms with Crippen molar-refractivity contribution < 1.29 is 14.3 Å². The van der Waals surface area contributed by atoms with Crippen LogP contribution in [0.2, 0.25) is 0 Å². The first-order valence-corrected chi connectivity index (χ1v) is 7.45. The highest BCUT2D eigenvalue weighted by Crippen LogP contribution is 2.24. The van der Waals surface area contributed by atoms with E-state index in [0.717, 1.165) is 5.56 Å². The molecule has 2 N–H and O–H groups in total. The molecular weight excluding hydrogens is 292 g/mol. The molecule has 120 valence electrons. The minimum absolute atomic E-state index is 0.0278. The number of rotatable bonds is 5. The van der Waals surface area contributed by atoms with Crippen molar-refractivity contribution in [2.75, 3.05) is 5.32 Å². The molecule has 0 saturated carbocycles. The summed E-state index contributed by atoms with van der Waals surface area (Å²) in [4.78, 5) is 23.9. The summed E-state index contributed by atoms with van der Waals surface area (Å²) in [5.74, 6) is -0.874. The van der Waals surface area contributed by atoms with Crippen molar-refractivity contribution in [2.24, 2.45) is 0 Å². The molecule has 2 aromatic carbocycles. The van der Waals surface area contributed by atoms with Gasteiger partial charge in [-0.25, -0.2) is 0 Å². The minimum atomic E-state index is -0.722. The highest BCUT2D eigenvalue weighted by atomic mass is 16.5. The number of hydrogen-bond donors (Lipinski definition) is 2. The average Bonchev–Trinajstić information content (AvgIpc) is 2.55. The number of anilines is 1. The summed E-state index contributed by atoms with van der Waals surface area (Å²) in [5.41, 5.74) is 1.40. The summed E-state index contributed by atoms with van der Waals surface area (Å²) in [6, 6.07) is 16.4. The van der Waals surface area contributed by atoms with E-state index in [0.29, 0.717) is 18.0 Å². The van der Waals surface area contributed by atoms with E-state index >= 15 is 0 Å². The van der Waals surface area contributed by atoms with Crippen LogP contribution in [0.1, 0.15) is 19.4 Å². The molecule has 23 heavy (non-hydrogen) atoms. The van der Waals surface area contributed by atoms with Crippen LogP contribution < -0.4 is 15.4 Å². The second-order valence-electron chi connectivity index (χ2n) is 5.29. The molecule has 0 aliphatic heterocycles. The molecule has 0 unspecified atom stereocenters. The molecule has 0 heterocycles. The van der Waals surface area contributed by atoms with E-state index in [-0.39, 0.29) is 6.10 Å². The van der Waals surface area contributed by atoms with Crippen LogP contribution >= 0.6 is 0 Å². The van der Waals surface area contributed by atoms with Crippen molar-refractivity contribution in [3.05, 3.63) is 60.2 Å². The number of benzene rings is 2. The van der Waals surface area contributed by atoms with Gasteiger partial charge in [-0.05, 0) is 31.5 Å². The molecule has 2 rings (SSSR count). The molecule has 0 spiro atoms. The Bertz CT molecular complexity index is 669. The Kier molecular flexibility index (Phi) is 5.74. The molecule has 0 aliphatic carbocycles. The molecule has 5 heteroatoms. The largest absolute Gasteiger partial charge is 0.489 e. The van der Waals surface area contributed by atoms with Gasteiger partial charge >= 0.3 is 11.8 Å². The van der Waals surface area contributed by atoms with Gasteiger partial charge in [0.05, 0.1) is 11.8 Å². The van der Waals surface area contributed by atoms with E-state index in [1.54, 1.807) is 18.2 Å². The maximum Gasteiger partial charge on any atom is 0.313 e. The van der Waals surface area contributed by atoms with Crippen LogP contribution in [0.5, 0.6) is 5.75 Å². The van der Waals surface area contributed by atoms with Gasteiger partial charge in [0.1, 0.15) is 5.75 Å². The number of amides is 2. The molecule has 2 aromatic rings.